The molecular weight excluding hydrogens is 216 g/mol. The van der Waals surface area contributed by atoms with Gasteiger partial charge in [0.15, 0.2) is 0 Å². The molecule has 0 saturated carbocycles. The first-order chi connectivity index (χ1) is 8.29. The van der Waals surface area contributed by atoms with Crippen molar-refractivity contribution in [2.24, 2.45) is 5.41 Å². The highest BCUT2D eigenvalue weighted by atomic mass is 16.5. The minimum atomic E-state index is 0.263. The second kappa shape index (κ2) is 6.14. The van der Waals surface area contributed by atoms with Gasteiger partial charge in [-0.1, -0.05) is 6.42 Å². The summed E-state index contributed by atoms with van der Waals surface area (Å²) >= 11 is 0. The molecule has 0 radical (unpaired) electrons. The largest absolute Gasteiger partial charge is 0.395 e. The molecule has 0 spiro atoms. The van der Waals surface area contributed by atoms with Crippen molar-refractivity contribution in [3.8, 4) is 0 Å². The summed E-state index contributed by atoms with van der Waals surface area (Å²) in [5.41, 5.74) is 0.263. The van der Waals surface area contributed by atoms with E-state index in [1.807, 2.05) is 7.05 Å². The predicted molar refractivity (Wildman–Crippen MR) is 68.1 cm³/mol. The number of likely N-dealkylation sites (tertiary alicyclic amines) is 1. The Morgan fingerprint density at radius 2 is 2.35 bits per heavy atom. The molecule has 0 bridgehead atoms. The third kappa shape index (κ3) is 3.19. The van der Waals surface area contributed by atoms with Crippen molar-refractivity contribution in [1.29, 1.82) is 0 Å². The van der Waals surface area contributed by atoms with E-state index in [1.165, 1.54) is 12.8 Å². The van der Waals surface area contributed by atoms with E-state index in [9.17, 15) is 5.11 Å². The Labute approximate surface area is 104 Å². The average molecular weight is 242 g/mol. The summed E-state index contributed by atoms with van der Waals surface area (Å²) in [5, 5.41) is 12.8. The fourth-order valence-electron chi connectivity index (χ4n) is 3.25. The van der Waals surface area contributed by atoms with Gasteiger partial charge in [-0.2, -0.15) is 0 Å². The van der Waals surface area contributed by atoms with Gasteiger partial charge in [-0.15, -0.1) is 0 Å². The number of hydrogen-bond acceptors (Lipinski definition) is 4. The van der Waals surface area contributed by atoms with Crippen LogP contribution in [0, 0.1) is 5.41 Å². The molecule has 4 heteroatoms. The number of nitrogens with one attached hydrogen (secondary N) is 1. The first-order valence-electron chi connectivity index (χ1n) is 6.87. The van der Waals surface area contributed by atoms with Crippen LogP contribution >= 0.6 is 0 Å². The lowest BCUT2D eigenvalue weighted by atomic mass is 9.85. The van der Waals surface area contributed by atoms with E-state index in [2.05, 4.69) is 10.2 Å². The Hall–Kier alpha value is -0.160. The molecule has 2 atom stereocenters. The maximum atomic E-state index is 9.46. The molecule has 0 amide bonds. The van der Waals surface area contributed by atoms with Crippen molar-refractivity contribution in [1.82, 2.24) is 10.2 Å². The first kappa shape index (κ1) is 13.3. The van der Waals surface area contributed by atoms with Crippen molar-refractivity contribution in [2.75, 3.05) is 46.5 Å². The number of hydrogen-bond donors (Lipinski definition) is 2. The molecule has 2 rings (SSSR count). The standard InChI is InChI=1S/C13H26N2O2/c1-14-9-13(5-7-17-11-13)10-15-6-3-2-4-12(15)8-16/h12,14,16H,2-11H2,1H3. The van der Waals surface area contributed by atoms with Crippen LogP contribution in [-0.2, 0) is 4.74 Å². The summed E-state index contributed by atoms with van der Waals surface area (Å²) in [7, 11) is 2.01. The van der Waals surface area contributed by atoms with Gasteiger partial charge in [0.25, 0.3) is 0 Å². The monoisotopic (exact) mass is 242 g/mol. The quantitative estimate of drug-likeness (QED) is 0.735. The minimum Gasteiger partial charge on any atom is -0.395 e. The van der Waals surface area contributed by atoms with Crippen molar-refractivity contribution < 1.29 is 9.84 Å². The van der Waals surface area contributed by atoms with Gasteiger partial charge in [0, 0.05) is 31.2 Å². The number of aliphatic hydroxyl groups excluding tert-OH is 1. The van der Waals surface area contributed by atoms with Crippen LogP contribution in [0.25, 0.3) is 0 Å². The van der Waals surface area contributed by atoms with Gasteiger partial charge >= 0.3 is 0 Å². The third-order valence-corrected chi connectivity index (χ3v) is 4.24. The van der Waals surface area contributed by atoms with Crippen LogP contribution in [-0.4, -0.2) is 62.6 Å². The summed E-state index contributed by atoms with van der Waals surface area (Å²) in [6.07, 6.45) is 4.82. The highest BCUT2D eigenvalue weighted by Gasteiger charge is 2.38. The van der Waals surface area contributed by atoms with Gasteiger partial charge in [-0.25, -0.2) is 0 Å². The number of nitrogens with zero attached hydrogens (tertiary/aromatic N) is 1. The molecule has 0 aromatic carbocycles. The zero-order chi connectivity index (χ0) is 12.1. The topological polar surface area (TPSA) is 44.7 Å². The summed E-state index contributed by atoms with van der Waals surface area (Å²) in [6, 6.07) is 0.373. The lowest BCUT2D eigenvalue weighted by molar-refractivity contribution is 0.0409. The Balaban J connectivity index is 1.96. The molecule has 2 unspecified atom stereocenters. The molecule has 4 nitrogen and oxygen atoms in total. The first-order valence-corrected chi connectivity index (χ1v) is 6.87. The normalized spacial score (nSPS) is 35.3. The summed E-state index contributed by atoms with van der Waals surface area (Å²) in [6.45, 7) is 5.27. The molecule has 0 aliphatic carbocycles. The average Bonchev–Trinajstić information content (AvgIpc) is 2.79. The zero-order valence-electron chi connectivity index (χ0n) is 11.0. The molecule has 100 valence electrons. The predicted octanol–water partition coefficient (Wildman–Crippen LogP) is 0.459. The Kier molecular flexibility index (Phi) is 4.79. The number of aliphatic hydroxyl groups is 1. The molecule has 2 aliphatic rings. The second-order valence-corrected chi connectivity index (χ2v) is 5.64. The fraction of sp³-hybridized carbons (Fsp3) is 1.00. The van der Waals surface area contributed by atoms with Crippen LogP contribution in [0.2, 0.25) is 0 Å². The van der Waals surface area contributed by atoms with Crippen molar-refractivity contribution >= 4 is 0 Å². The Morgan fingerprint density at radius 1 is 1.47 bits per heavy atom. The van der Waals surface area contributed by atoms with Crippen molar-refractivity contribution in [3.05, 3.63) is 0 Å². The highest BCUT2D eigenvalue weighted by Crippen LogP contribution is 2.31. The molecular formula is C13H26N2O2. The van der Waals surface area contributed by atoms with E-state index < -0.39 is 0 Å². The van der Waals surface area contributed by atoms with Gasteiger partial charge in [-0.05, 0) is 32.9 Å². The van der Waals surface area contributed by atoms with Crippen LogP contribution < -0.4 is 5.32 Å². The lowest BCUT2D eigenvalue weighted by Crippen LogP contribution is -2.50. The SMILES string of the molecule is CNCC1(CN2CCCCC2CO)CCOC1. The van der Waals surface area contributed by atoms with Gasteiger partial charge in [0.1, 0.15) is 0 Å². The van der Waals surface area contributed by atoms with Crippen LogP contribution in [0.4, 0.5) is 0 Å². The van der Waals surface area contributed by atoms with Crippen LogP contribution in [0.15, 0.2) is 0 Å². The maximum absolute atomic E-state index is 9.46. The van der Waals surface area contributed by atoms with Gasteiger partial charge in [0.2, 0.25) is 0 Å². The van der Waals surface area contributed by atoms with E-state index in [1.54, 1.807) is 0 Å². The second-order valence-electron chi connectivity index (χ2n) is 5.64. The van der Waals surface area contributed by atoms with E-state index >= 15 is 0 Å². The van der Waals surface area contributed by atoms with Gasteiger partial charge < -0.3 is 15.2 Å². The van der Waals surface area contributed by atoms with Crippen LogP contribution in [0.5, 0.6) is 0 Å². The maximum Gasteiger partial charge on any atom is 0.0586 e. The Morgan fingerprint density at radius 3 is 3.00 bits per heavy atom. The summed E-state index contributed by atoms with van der Waals surface area (Å²) in [4.78, 5) is 2.48. The molecule has 2 saturated heterocycles. The van der Waals surface area contributed by atoms with E-state index in [0.717, 1.165) is 45.7 Å². The van der Waals surface area contributed by atoms with E-state index in [4.69, 9.17) is 4.74 Å². The highest BCUT2D eigenvalue weighted by molar-refractivity contribution is 4.90. The van der Waals surface area contributed by atoms with E-state index in [-0.39, 0.29) is 5.41 Å². The number of ether oxygens (including phenoxy) is 1. The minimum absolute atomic E-state index is 0.263. The van der Waals surface area contributed by atoms with Crippen LogP contribution in [0.3, 0.4) is 0 Å². The van der Waals surface area contributed by atoms with Gasteiger partial charge in [-0.3, -0.25) is 4.90 Å². The molecule has 2 fully saturated rings. The van der Waals surface area contributed by atoms with E-state index in [0.29, 0.717) is 12.6 Å². The number of rotatable bonds is 5. The van der Waals surface area contributed by atoms with Crippen LogP contribution in [0.1, 0.15) is 25.7 Å². The van der Waals surface area contributed by atoms with Crippen molar-refractivity contribution in [3.63, 3.8) is 0 Å². The third-order valence-electron chi connectivity index (χ3n) is 4.24. The smallest absolute Gasteiger partial charge is 0.0586 e. The fourth-order valence-corrected chi connectivity index (χ4v) is 3.25. The molecule has 2 aliphatic heterocycles. The molecule has 2 N–H and O–H groups in total. The summed E-state index contributed by atoms with van der Waals surface area (Å²) in [5.74, 6) is 0. The Bertz CT molecular complexity index is 229. The lowest BCUT2D eigenvalue weighted by Gasteiger charge is -2.40. The molecule has 0 aromatic heterocycles. The number of piperidine rings is 1. The summed E-state index contributed by atoms with van der Waals surface area (Å²) < 4.78 is 5.59. The van der Waals surface area contributed by atoms with Gasteiger partial charge in [0.05, 0.1) is 13.2 Å². The zero-order valence-corrected chi connectivity index (χ0v) is 11.0. The van der Waals surface area contributed by atoms with Crippen molar-refractivity contribution in [2.45, 2.75) is 31.7 Å². The molecule has 0 aromatic rings. The molecule has 2 heterocycles. The molecule has 17 heavy (non-hydrogen) atoms.